The Hall–Kier alpha value is -4.08. The van der Waals surface area contributed by atoms with Crippen LogP contribution in [0.15, 0.2) is 60.9 Å². The van der Waals surface area contributed by atoms with Crippen LogP contribution in [0.5, 0.6) is 11.5 Å². The number of aromatic amines is 1. The molecule has 0 spiro atoms. The van der Waals surface area contributed by atoms with Gasteiger partial charge < -0.3 is 30.6 Å². The fourth-order valence-corrected chi connectivity index (χ4v) is 4.02. The van der Waals surface area contributed by atoms with Crippen LogP contribution in [-0.4, -0.2) is 47.7 Å². The summed E-state index contributed by atoms with van der Waals surface area (Å²) in [7, 11) is 3.10. The van der Waals surface area contributed by atoms with E-state index in [4.69, 9.17) is 31.9 Å². The molecule has 0 aliphatic carbocycles. The minimum atomic E-state index is -0.978. The number of carboxylic acids is 1. The zero-order valence-electron chi connectivity index (χ0n) is 21.7. The van der Waals surface area contributed by atoms with E-state index in [2.05, 4.69) is 29.1 Å². The zero-order valence-corrected chi connectivity index (χ0v) is 22.4. The monoisotopic (exact) mass is 538 g/mol. The number of halogens is 1. The minimum Gasteiger partial charge on any atom is -0.493 e. The van der Waals surface area contributed by atoms with Crippen molar-refractivity contribution in [2.75, 3.05) is 26.1 Å². The van der Waals surface area contributed by atoms with Crippen LogP contribution in [0, 0.1) is 0 Å². The van der Waals surface area contributed by atoms with Gasteiger partial charge in [-0.2, -0.15) is 0 Å². The average molecular weight is 539 g/mol. The normalized spacial score (nSPS) is 10.9. The predicted octanol–water partition coefficient (Wildman–Crippen LogP) is 5.50. The van der Waals surface area contributed by atoms with Crippen LogP contribution in [-0.2, 0) is 5.41 Å². The quantitative estimate of drug-likeness (QED) is 0.217. The molecule has 0 aliphatic rings. The van der Waals surface area contributed by atoms with Gasteiger partial charge in [-0.25, -0.2) is 9.78 Å². The number of hydrogen-bond donors (Lipinski definition) is 4. The first-order chi connectivity index (χ1) is 18.1. The molecule has 2 heterocycles. The molecule has 5 N–H and O–H groups in total. The van der Waals surface area contributed by atoms with E-state index in [1.54, 1.807) is 32.4 Å². The van der Waals surface area contributed by atoms with E-state index in [-0.39, 0.29) is 22.0 Å². The van der Waals surface area contributed by atoms with Crippen LogP contribution in [0.25, 0.3) is 10.9 Å². The highest BCUT2D eigenvalue weighted by Gasteiger charge is 2.19. The SMILES string of the molecule is COc1ccc(C(=O)Nc2ccc(C(C)(C)CCN)cc2)cc1OC.O=C(O)c1c[nH]c2cnc(Cl)cc12. The summed E-state index contributed by atoms with van der Waals surface area (Å²) in [5.74, 6) is -0.0667. The Morgan fingerprint density at radius 2 is 1.76 bits per heavy atom. The van der Waals surface area contributed by atoms with Gasteiger partial charge in [0.25, 0.3) is 5.91 Å². The molecule has 2 aromatic heterocycles. The molecule has 0 saturated carbocycles. The van der Waals surface area contributed by atoms with Crippen molar-refractivity contribution in [2.24, 2.45) is 5.73 Å². The highest BCUT2D eigenvalue weighted by Crippen LogP contribution is 2.29. The summed E-state index contributed by atoms with van der Waals surface area (Å²) in [4.78, 5) is 29.8. The van der Waals surface area contributed by atoms with E-state index >= 15 is 0 Å². The molecule has 4 rings (SSSR count). The molecule has 4 aromatic rings. The second kappa shape index (κ2) is 12.4. The lowest BCUT2D eigenvalue weighted by Gasteiger charge is -2.24. The van der Waals surface area contributed by atoms with E-state index in [0.717, 1.165) is 12.1 Å². The zero-order chi connectivity index (χ0) is 27.9. The van der Waals surface area contributed by atoms with Gasteiger partial charge in [-0.15, -0.1) is 0 Å². The maximum atomic E-state index is 12.4. The van der Waals surface area contributed by atoms with Gasteiger partial charge in [0, 0.05) is 22.8 Å². The van der Waals surface area contributed by atoms with Crippen LogP contribution in [0.4, 0.5) is 5.69 Å². The largest absolute Gasteiger partial charge is 0.493 e. The van der Waals surface area contributed by atoms with Gasteiger partial charge in [-0.05, 0) is 60.3 Å². The summed E-state index contributed by atoms with van der Waals surface area (Å²) in [5, 5.41) is 12.5. The second-order valence-electron chi connectivity index (χ2n) is 9.08. The lowest BCUT2D eigenvalue weighted by molar-refractivity contribution is 0.0699. The summed E-state index contributed by atoms with van der Waals surface area (Å²) < 4.78 is 10.4. The number of carboxylic acid groups (broad SMARTS) is 1. The van der Waals surface area contributed by atoms with Crippen LogP contribution < -0.4 is 20.5 Å². The lowest BCUT2D eigenvalue weighted by Crippen LogP contribution is -2.21. The first kappa shape index (κ1) is 28.5. The smallest absolute Gasteiger partial charge is 0.337 e. The Balaban J connectivity index is 0.000000256. The maximum absolute atomic E-state index is 12.4. The van der Waals surface area contributed by atoms with E-state index in [0.29, 0.717) is 34.5 Å². The fraction of sp³-hybridized carbons (Fsp3) is 0.250. The minimum absolute atomic E-state index is 0.0145. The summed E-state index contributed by atoms with van der Waals surface area (Å²) in [6, 6.07) is 14.5. The van der Waals surface area contributed by atoms with Crippen molar-refractivity contribution in [3.05, 3.63) is 82.8 Å². The Kier molecular flexibility index (Phi) is 9.33. The molecule has 0 radical (unpaired) electrons. The number of nitrogens with zero attached hydrogens (tertiary/aromatic N) is 1. The Morgan fingerprint density at radius 1 is 1.08 bits per heavy atom. The molecule has 38 heavy (non-hydrogen) atoms. The lowest BCUT2D eigenvalue weighted by atomic mass is 9.81. The van der Waals surface area contributed by atoms with Crippen LogP contribution in [0.2, 0.25) is 5.15 Å². The van der Waals surface area contributed by atoms with Crippen LogP contribution in [0.1, 0.15) is 46.5 Å². The summed E-state index contributed by atoms with van der Waals surface area (Å²) in [6.45, 7) is 4.97. The highest BCUT2D eigenvalue weighted by molar-refractivity contribution is 6.30. The van der Waals surface area contributed by atoms with E-state index in [9.17, 15) is 9.59 Å². The van der Waals surface area contributed by atoms with Gasteiger partial charge in [0.15, 0.2) is 11.5 Å². The molecule has 0 aliphatic heterocycles. The Labute approximate surface area is 225 Å². The van der Waals surface area contributed by atoms with Crippen molar-refractivity contribution in [1.29, 1.82) is 0 Å². The predicted molar refractivity (Wildman–Crippen MR) is 149 cm³/mol. The van der Waals surface area contributed by atoms with Gasteiger partial charge in [-0.1, -0.05) is 37.6 Å². The number of anilines is 1. The maximum Gasteiger partial charge on any atom is 0.337 e. The molecule has 10 heteroatoms. The topological polar surface area (TPSA) is 140 Å². The standard InChI is InChI=1S/C20H26N2O3.C8H5ClN2O2/c1-20(2,11-12-21)15-6-8-16(9-7-15)22-19(23)14-5-10-17(24-3)18(13-14)25-4;9-7-1-4-5(8(12)13)2-10-6(4)3-11-7/h5-10,13H,11-12,21H2,1-4H3,(H,22,23);1-3,10H,(H,12,13). The second-order valence-corrected chi connectivity index (χ2v) is 9.47. The third kappa shape index (κ3) is 6.81. The number of aromatic carboxylic acids is 1. The number of carbonyl (C=O) groups excluding carboxylic acids is 1. The van der Waals surface area contributed by atoms with E-state index < -0.39 is 5.97 Å². The van der Waals surface area contributed by atoms with Crippen molar-refractivity contribution < 1.29 is 24.2 Å². The number of rotatable bonds is 8. The van der Waals surface area contributed by atoms with Gasteiger partial charge in [-0.3, -0.25) is 4.79 Å². The van der Waals surface area contributed by atoms with Crippen molar-refractivity contribution in [1.82, 2.24) is 9.97 Å². The average Bonchev–Trinajstić information content (AvgIpc) is 3.32. The Morgan fingerprint density at radius 3 is 2.37 bits per heavy atom. The number of H-pyrrole nitrogens is 1. The number of benzene rings is 2. The van der Waals surface area contributed by atoms with Gasteiger partial charge in [0.1, 0.15) is 5.15 Å². The number of amides is 1. The van der Waals surface area contributed by atoms with Gasteiger partial charge in [0.2, 0.25) is 0 Å². The molecule has 0 bridgehead atoms. The summed E-state index contributed by atoms with van der Waals surface area (Å²) >= 11 is 5.63. The van der Waals surface area contributed by atoms with Crippen LogP contribution >= 0.6 is 11.6 Å². The third-order valence-electron chi connectivity index (χ3n) is 6.10. The molecule has 200 valence electrons. The fourth-order valence-electron chi connectivity index (χ4n) is 3.86. The van der Waals surface area contributed by atoms with Crippen LogP contribution in [0.3, 0.4) is 0 Å². The number of pyridine rings is 1. The molecule has 0 unspecified atom stereocenters. The molecule has 0 atom stereocenters. The first-order valence-corrected chi connectivity index (χ1v) is 12.2. The van der Waals surface area contributed by atoms with Gasteiger partial charge >= 0.3 is 5.97 Å². The summed E-state index contributed by atoms with van der Waals surface area (Å²) in [6.07, 6.45) is 3.83. The molecule has 2 aromatic carbocycles. The van der Waals surface area contributed by atoms with E-state index in [1.165, 1.54) is 24.0 Å². The molecular weight excluding hydrogens is 508 g/mol. The number of carbonyl (C=O) groups is 2. The van der Waals surface area contributed by atoms with Crippen molar-refractivity contribution in [3.63, 3.8) is 0 Å². The molecule has 9 nitrogen and oxygen atoms in total. The molecule has 0 saturated heterocycles. The number of nitrogens with one attached hydrogen (secondary N) is 2. The number of fused-ring (bicyclic) bond motifs is 1. The summed E-state index contributed by atoms with van der Waals surface area (Å²) in [5.41, 5.74) is 9.01. The molecule has 0 fully saturated rings. The third-order valence-corrected chi connectivity index (χ3v) is 6.31. The van der Waals surface area contributed by atoms with Crippen molar-refractivity contribution in [3.8, 4) is 11.5 Å². The van der Waals surface area contributed by atoms with Crippen molar-refractivity contribution in [2.45, 2.75) is 25.7 Å². The van der Waals surface area contributed by atoms with E-state index in [1.807, 2.05) is 24.3 Å². The highest BCUT2D eigenvalue weighted by atomic mass is 35.5. The number of hydrogen-bond acceptors (Lipinski definition) is 6. The first-order valence-electron chi connectivity index (χ1n) is 11.8. The number of nitrogens with two attached hydrogens (primary N) is 1. The Bertz CT molecular complexity index is 1420. The number of ether oxygens (including phenoxy) is 2. The number of methoxy groups -OCH3 is 2. The molecular formula is C28H31ClN4O5. The van der Waals surface area contributed by atoms with Crippen molar-refractivity contribution >= 4 is 40.1 Å². The van der Waals surface area contributed by atoms with Gasteiger partial charge in [0.05, 0.1) is 31.5 Å². The number of aromatic nitrogens is 2. The molecule has 1 amide bonds.